The summed E-state index contributed by atoms with van der Waals surface area (Å²) in [5, 5.41) is 11.2. The van der Waals surface area contributed by atoms with Crippen LogP contribution in [0.5, 0.6) is 0 Å². The molecule has 19 heavy (non-hydrogen) atoms. The third-order valence-electron chi connectivity index (χ3n) is 3.05. The molecule has 4 heteroatoms. The molecule has 0 spiro atoms. The Balaban J connectivity index is 2.02. The smallest absolute Gasteiger partial charge is 0.0813 e. The Hall–Kier alpha value is -1.22. The van der Waals surface area contributed by atoms with Crippen LogP contribution >= 0.6 is 23.2 Å². The molecule has 2 aromatic rings. The van der Waals surface area contributed by atoms with E-state index in [-0.39, 0.29) is 0 Å². The van der Waals surface area contributed by atoms with E-state index < -0.39 is 6.10 Å². The van der Waals surface area contributed by atoms with E-state index in [1.54, 1.807) is 12.1 Å². The lowest BCUT2D eigenvalue weighted by molar-refractivity contribution is 0.168. The van der Waals surface area contributed by atoms with E-state index in [1.165, 1.54) is 0 Å². The molecule has 0 bridgehead atoms. The zero-order valence-electron chi connectivity index (χ0n) is 10.3. The highest BCUT2D eigenvalue weighted by molar-refractivity contribution is 6.42. The molecule has 0 radical (unpaired) electrons. The zero-order valence-corrected chi connectivity index (χ0v) is 11.8. The summed E-state index contributed by atoms with van der Waals surface area (Å²) in [5.41, 5.74) is 8.26. The van der Waals surface area contributed by atoms with Crippen molar-refractivity contribution in [3.05, 3.63) is 63.6 Å². The Labute approximate surface area is 122 Å². The predicted molar refractivity (Wildman–Crippen MR) is 80.6 cm³/mol. The second-order valence-corrected chi connectivity index (χ2v) is 5.25. The van der Waals surface area contributed by atoms with Crippen molar-refractivity contribution in [1.82, 2.24) is 0 Å². The van der Waals surface area contributed by atoms with Gasteiger partial charge in [-0.3, -0.25) is 0 Å². The summed E-state index contributed by atoms with van der Waals surface area (Å²) in [6.07, 6.45) is 0.731. The normalized spacial score (nSPS) is 12.4. The first-order valence-corrected chi connectivity index (χ1v) is 6.80. The number of rotatable bonds is 4. The number of halogens is 2. The van der Waals surface area contributed by atoms with Gasteiger partial charge < -0.3 is 10.8 Å². The van der Waals surface area contributed by atoms with E-state index >= 15 is 0 Å². The quantitative estimate of drug-likeness (QED) is 0.829. The van der Waals surface area contributed by atoms with Gasteiger partial charge in [0.15, 0.2) is 0 Å². The topological polar surface area (TPSA) is 46.2 Å². The van der Waals surface area contributed by atoms with Crippen molar-refractivity contribution in [2.75, 3.05) is 5.73 Å². The van der Waals surface area contributed by atoms with E-state index in [4.69, 9.17) is 28.9 Å². The molecule has 3 N–H and O–H groups in total. The third kappa shape index (κ3) is 3.63. The van der Waals surface area contributed by atoms with Gasteiger partial charge in [-0.2, -0.15) is 0 Å². The maximum absolute atomic E-state index is 10.1. The maximum atomic E-state index is 10.1. The first kappa shape index (κ1) is 14.2. The average molecular weight is 296 g/mol. The van der Waals surface area contributed by atoms with Crippen molar-refractivity contribution in [3.63, 3.8) is 0 Å². The number of benzene rings is 2. The molecule has 0 aliphatic carbocycles. The predicted octanol–water partition coefficient (Wildman–Crippen LogP) is 4.24. The fourth-order valence-electron chi connectivity index (χ4n) is 1.97. The number of anilines is 1. The summed E-state index contributed by atoms with van der Waals surface area (Å²) in [6, 6.07) is 12.9. The fourth-order valence-corrected chi connectivity index (χ4v) is 2.29. The molecular weight excluding hydrogens is 281 g/mol. The van der Waals surface area contributed by atoms with Gasteiger partial charge in [0.1, 0.15) is 0 Å². The summed E-state index contributed by atoms with van der Waals surface area (Å²) >= 11 is 11.8. The lowest BCUT2D eigenvalue weighted by Crippen LogP contribution is -2.03. The van der Waals surface area contributed by atoms with E-state index in [0.29, 0.717) is 28.6 Å². The molecule has 0 saturated carbocycles. The maximum Gasteiger partial charge on any atom is 0.0813 e. The van der Waals surface area contributed by atoms with Gasteiger partial charge in [-0.05, 0) is 36.6 Å². The number of hydrogen-bond donors (Lipinski definition) is 2. The zero-order chi connectivity index (χ0) is 13.8. The molecule has 2 rings (SSSR count). The second kappa shape index (κ2) is 6.29. The largest absolute Gasteiger partial charge is 0.398 e. The molecule has 2 aromatic carbocycles. The first-order valence-electron chi connectivity index (χ1n) is 6.04. The summed E-state index contributed by atoms with van der Waals surface area (Å²) in [4.78, 5) is 0. The SMILES string of the molecule is Nc1ccccc1C(O)CCc1ccc(Cl)c(Cl)c1. The van der Waals surface area contributed by atoms with Crippen molar-refractivity contribution in [1.29, 1.82) is 0 Å². The van der Waals surface area contributed by atoms with Crippen LogP contribution in [-0.2, 0) is 6.42 Å². The van der Waals surface area contributed by atoms with Crippen LogP contribution in [0.25, 0.3) is 0 Å². The number of nitrogen functional groups attached to an aromatic ring is 1. The lowest BCUT2D eigenvalue weighted by atomic mass is 10.0. The Bertz CT molecular complexity index is 572. The van der Waals surface area contributed by atoms with Crippen molar-refractivity contribution in [2.24, 2.45) is 0 Å². The average Bonchev–Trinajstić information content (AvgIpc) is 2.40. The minimum absolute atomic E-state index is 0.535. The summed E-state index contributed by atoms with van der Waals surface area (Å²) in [6.45, 7) is 0. The van der Waals surface area contributed by atoms with Crippen LogP contribution in [0.2, 0.25) is 10.0 Å². The van der Waals surface area contributed by atoms with Crippen LogP contribution in [0.3, 0.4) is 0 Å². The Morgan fingerprint density at radius 1 is 1.05 bits per heavy atom. The van der Waals surface area contributed by atoms with E-state index in [1.807, 2.05) is 30.3 Å². The van der Waals surface area contributed by atoms with Crippen molar-refractivity contribution < 1.29 is 5.11 Å². The third-order valence-corrected chi connectivity index (χ3v) is 3.78. The van der Waals surface area contributed by atoms with E-state index in [2.05, 4.69) is 0 Å². The van der Waals surface area contributed by atoms with Crippen LogP contribution in [-0.4, -0.2) is 5.11 Å². The molecule has 0 amide bonds. The Kier molecular flexibility index (Phi) is 4.70. The van der Waals surface area contributed by atoms with Crippen LogP contribution in [0.4, 0.5) is 5.69 Å². The van der Waals surface area contributed by atoms with Crippen LogP contribution in [0.15, 0.2) is 42.5 Å². The summed E-state index contributed by atoms with van der Waals surface area (Å²) in [5.74, 6) is 0. The van der Waals surface area contributed by atoms with Gasteiger partial charge in [0.05, 0.1) is 16.1 Å². The Morgan fingerprint density at radius 3 is 2.47 bits per heavy atom. The summed E-state index contributed by atoms with van der Waals surface area (Å²) in [7, 11) is 0. The van der Waals surface area contributed by atoms with E-state index in [0.717, 1.165) is 11.1 Å². The van der Waals surface area contributed by atoms with Gasteiger partial charge in [0, 0.05) is 11.3 Å². The van der Waals surface area contributed by atoms with Gasteiger partial charge in [-0.25, -0.2) is 0 Å². The molecule has 0 saturated heterocycles. The molecule has 2 nitrogen and oxygen atoms in total. The number of aliphatic hydroxyl groups excluding tert-OH is 1. The van der Waals surface area contributed by atoms with Gasteiger partial charge in [-0.15, -0.1) is 0 Å². The van der Waals surface area contributed by atoms with Gasteiger partial charge >= 0.3 is 0 Å². The molecule has 100 valence electrons. The fraction of sp³-hybridized carbons (Fsp3) is 0.200. The Morgan fingerprint density at radius 2 is 1.79 bits per heavy atom. The molecular formula is C15H15Cl2NO. The van der Waals surface area contributed by atoms with Crippen LogP contribution in [0, 0.1) is 0 Å². The first-order chi connectivity index (χ1) is 9.08. The molecule has 1 atom stereocenters. The molecule has 0 aliphatic heterocycles. The standard InChI is InChI=1S/C15H15Cl2NO/c16-12-7-5-10(9-13(12)17)6-8-15(19)11-3-1-2-4-14(11)18/h1-5,7,9,15,19H,6,8,18H2. The summed E-state index contributed by atoms with van der Waals surface area (Å²) < 4.78 is 0. The number of nitrogens with two attached hydrogens (primary N) is 1. The molecule has 0 aliphatic rings. The van der Waals surface area contributed by atoms with Gasteiger partial charge in [0.2, 0.25) is 0 Å². The van der Waals surface area contributed by atoms with Crippen LogP contribution < -0.4 is 5.73 Å². The lowest BCUT2D eigenvalue weighted by Gasteiger charge is -2.13. The van der Waals surface area contributed by atoms with Gasteiger partial charge in [-0.1, -0.05) is 47.5 Å². The highest BCUT2D eigenvalue weighted by atomic mass is 35.5. The van der Waals surface area contributed by atoms with E-state index in [9.17, 15) is 5.11 Å². The highest BCUT2D eigenvalue weighted by Gasteiger charge is 2.10. The van der Waals surface area contributed by atoms with Crippen molar-refractivity contribution in [3.8, 4) is 0 Å². The molecule has 0 heterocycles. The molecule has 0 aromatic heterocycles. The number of para-hydroxylation sites is 1. The van der Waals surface area contributed by atoms with Crippen LogP contribution in [0.1, 0.15) is 23.7 Å². The number of hydrogen-bond acceptors (Lipinski definition) is 2. The van der Waals surface area contributed by atoms with Crippen molar-refractivity contribution in [2.45, 2.75) is 18.9 Å². The molecule has 1 unspecified atom stereocenters. The highest BCUT2D eigenvalue weighted by Crippen LogP contribution is 2.26. The minimum Gasteiger partial charge on any atom is -0.398 e. The number of aryl methyl sites for hydroxylation is 1. The second-order valence-electron chi connectivity index (χ2n) is 4.43. The monoisotopic (exact) mass is 295 g/mol. The number of aliphatic hydroxyl groups is 1. The van der Waals surface area contributed by atoms with Crippen molar-refractivity contribution >= 4 is 28.9 Å². The minimum atomic E-state index is -0.573. The molecule has 0 fully saturated rings. The van der Waals surface area contributed by atoms with Gasteiger partial charge in [0.25, 0.3) is 0 Å².